The number of terminal acetylenes is 1. The molecule has 0 aromatic carbocycles. The van der Waals surface area contributed by atoms with Crippen LogP contribution in [0.15, 0.2) is 12.1 Å². The molecular formula is C12H17N. The van der Waals surface area contributed by atoms with Gasteiger partial charge in [-0.1, -0.05) is 6.92 Å². The molecule has 1 unspecified atom stereocenters. The van der Waals surface area contributed by atoms with Crippen molar-refractivity contribution in [2.24, 2.45) is 0 Å². The number of aromatic nitrogens is 1. The molecule has 1 heterocycles. The Balaban J connectivity index is 2.97. The van der Waals surface area contributed by atoms with E-state index in [1.807, 2.05) is 0 Å². The topological polar surface area (TPSA) is 4.93 Å². The highest BCUT2D eigenvalue weighted by Gasteiger charge is 2.10. The second-order valence-electron chi connectivity index (χ2n) is 3.46. The zero-order chi connectivity index (χ0) is 9.84. The lowest BCUT2D eigenvalue weighted by molar-refractivity contribution is 0.481. The van der Waals surface area contributed by atoms with E-state index in [9.17, 15) is 0 Å². The van der Waals surface area contributed by atoms with Crippen LogP contribution in [0.5, 0.6) is 0 Å². The summed E-state index contributed by atoms with van der Waals surface area (Å²) >= 11 is 0. The fourth-order valence-corrected chi connectivity index (χ4v) is 1.81. The van der Waals surface area contributed by atoms with Gasteiger partial charge in [-0.3, -0.25) is 0 Å². The van der Waals surface area contributed by atoms with Gasteiger partial charge in [0.25, 0.3) is 0 Å². The minimum absolute atomic E-state index is 0.472. The number of aryl methyl sites for hydroxylation is 2. The lowest BCUT2D eigenvalue weighted by Gasteiger charge is -2.18. The summed E-state index contributed by atoms with van der Waals surface area (Å²) in [6.45, 7) is 6.44. The molecule has 0 aliphatic carbocycles. The summed E-state index contributed by atoms with van der Waals surface area (Å²) in [6, 6.07) is 4.77. The average molecular weight is 175 g/mol. The van der Waals surface area contributed by atoms with Crippen LogP contribution in [0.1, 0.15) is 37.2 Å². The molecule has 1 aromatic rings. The second-order valence-corrected chi connectivity index (χ2v) is 3.46. The minimum Gasteiger partial charge on any atom is -0.345 e. The normalized spacial score (nSPS) is 12.5. The molecule has 0 aliphatic heterocycles. The van der Waals surface area contributed by atoms with Gasteiger partial charge < -0.3 is 4.57 Å². The van der Waals surface area contributed by atoms with Gasteiger partial charge in [0.1, 0.15) is 0 Å². The predicted octanol–water partition coefficient (Wildman–Crippen LogP) is 3.08. The Hall–Kier alpha value is -1.16. The average Bonchev–Trinajstić information content (AvgIpc) is 2.43. The number of rotatable bonds is 3. The molecule has 0 aliphatic rings. The van der Waals surface area contributed by atoms with Gasteiger partial charge in [0.05, 0.1) is 0 Å². The second kappa shape index (κ2) is 4.18. The first-order valence-electron chi connectivity index (χ1n) is 4.78. The molecule has 1 aromatic heterocycles. The SMILES string of the molecule is C#CCC(CC)n1c(C)ccc1C. The summed E-state index contributed by atoms with van der Waals surface area (Å²) in [6.07, 6.45) is 7.27. The van der Waals surface area contributed by atoms with Gasteiger partial charge in [-0.2, -0.15) is 0 Å². The van der Waals surface area contributed by atoms with Gasteiger partial charge in [-0.25, -0.2) is 0 Å². The van der Waals surface area contributed by atoms with Crippen LogP contribution in [-0.2, 0) is 0 Å². The highest BCUT2D eigenvalue weighted by atomic mass is 15.0. The maximum atomic E-state index is 5.35. The number of hydrogen-bond acceptors (Lipinski definition) is 0. The Morgan fingerprint density at radius 2 is 1.92 bits per heavy atom. The van der Waals surface area contributed by atoms with Crippen LogP contribution in [0.2, 0.25) is 0 Å². The number of nitrogens with zero attached hydrogens (tertiary/aromatic N) is 1. The third kappa shape index (κ3) is 1.95. The van der Waals surface area contributed by atoms with E-state index in [4.69, 9.17) is 6.42 Å². The summed E-state index contributed by atoms with van der Waals surface area (Å²) in [5.74, 6) is 2.74. The van der Waals surface area contributed by atoms with Crippen LogP contribution in [0.3, 0.4) is 0 Å². The van der Waals surface area contributed by atoms with Gasteiger partial charge >= 0.3 is 0 Å². The standard InChI is InChI=1S/C12H17N/c1-5-7-12(6-2)13-10(3)8-9-11(13)4/h1,8-9,12H,6-7H2,2-4H3. The molecule has 0 saturated heterocycles. The van der Waals surface area contributed by atoms with Crippen LogP contribution < -0.4 is 0 Å². The lowest BCUT2D eigenvalue weighted by Crippen LogP contribution is -2.10. The molecule has 1 nitrogen and oxygen atoms in total. The van der Waals surface area contributed by atoms with Crippen molar-refractivity contribution in [3.8, 4) is 12.3 Å². The summed E-state index contributed by atoms with van der Waals surface area (Å²) in [5, 5.41) is 0. The third-order valence-corrected chi connectivity index (χ3v) is 2.52. The van der Waals surface area contributed by atoms with Crippen molar-refractivity contribution in [1.82, 2.24) is 4.57 Å². The quantitative estimate of drug-likeness (QED) is 0.622. The maximum Gasteiger partial charge on any atom is 0.0442 e. The Bertz CT molecular complexity index is 295. The molecule has 13 heavy (non-hydrogen) atoms. The monoisotopic (exact) mass is 175 g/mol. The van der Waals surface area contributed by atoms with Gasteiger partial charge in [-0.05, 0) is 32.4 Å². The number of hydrogen-bond donors (Lipinski definition) is 0. The van der Waals surface area contributed by atoms with Gasteiger partial charge in [0.15, 0.2) is 0 Å². The smallest absolute Gasteiger partial charge is 0.0442 e. The summed E-state index contributed by atoms with van der Waals surface area (Å²) < 4.78 is 2.33. The van der Waals surface area contributed by atoms with Crippen molar-refractivity contribution in [2.75, 3.05) is 0 Å². The summed E-state index contributed by atoms with van der Waals surface area (Å²) in [4.78, 5) is 0. The van der Waals surface area contributed by atoms with E-state index in [1.165, 1.54) is 11.4 Å². The highest BCUT2D eigenvalue weighted by molar-refractivity contribution is 5.15. The van der Waals surface area contributed by atoms with Crippen molar-refractivity contribution in [3.63, 3.8) is 0 Å². The molecule has 0 spiro atoms. The largest absolute Gasteiger partial charge is 0.345 e. The Labute approximate surface area is 80.8 Å². The first-order chi connectivity index (χ1) is 6.20. The molecule has 1 atom stereocenters. The zero-order valence-corrected chi connectivity index (χ0v) is 8.67. The summed E-state index contributed by atoms with van der Waals surface area (Å²) in [7, 11) is 0. The molecule has 0 N–H and O–H groups in total. The van der Waals surface area contributed by atoms with Crippen molar-refractivity contribution in [2.45, 2.75) is 39.7 Å². The van der Waals surface area contributed by atoms with Crippen molar-refractivity contribution >= 4 is 0 Å². The van der Waals surface area contributed by atoms with Crippen LogP contribution in [0.4, 0.5) is 0 Å². The molecule has 0 saturated carbocycles. The predicted molar refractivity (Wildman–Crippen MR) is 56.7 cm³/mol. The van der Waals surface area contributed by atoms with Crippen LogP contribution in [0.25, 0.3) is 0 Å². The van der Waals surface area contributed by atoms with E-state index in [2.05, 4.69) is 43.4 Å². The molecular weight excluding hydrogens is 158 g/mol. The van der Waals surface area contributed by atoms with E-state index in [1.54, 1.807) is 0 Å². The zero-order valence-electron chi connectivity index (χ0n) is 8.67. The third-order valence-electron chi connectivity index (χ3n) is 2.52. The Morgan fingerprint density at radius 3 is 2.31 bits per heavy atom. The van der Waals surface area contributed by atoms with E-state index >= 15 is 0 Å². The molecule has 0 amide bonds. The van der Waals surface area contributed by atoms with Crippen LogP contribution in [-0.4, -0.2) is 4.57 Å². The van der Waals surface area contributed by atoms with Crippen molar-refractivity contribution < 1.29 is 0 Å². The first kappa shape index (κ1) is 9.92. The first-order valence-corrected chi connectivity index (χ1v) is 4.78. The Morgan fingerprint density at radius 1 is 1.38 bits per heavy atom. The van der Waals surface area contributed by atoms with Crippen molar-refractivity contribution in [1.29, 1.82) is 0 Å². The fourth-order valence-electron chi connectivity index (χ4n) is 1.81. The molecule has 70 valence electrons. The van der Waals surface area contributed by atoms with E-state index < -0.39 is 0 Å². The highest BCUT2D eigenvalue weighted by Crippen LogP contribution is 2.21. The van der Waals surface area contributed by atoms with Crippen LogP contribution in [0, 0.1) is 26.2 Å². The maximum absolute atomic E-state index is 5.35. The van der Waals surface area contributed by atoms with Gasteiger partial charge in [0, 0.05) is 23.9 Å². The fraction of sp³-hybridized carbons (Fsp3) is 0.500. The molecule has 0 radical (unpaired) electrons. The van der Waals surface area contributed by atoms with E-state index in [0.717, 1.165) is 12.8 Å². The van der Waals surface area contributed by atoms with Crippen LogP contribution >= 0.6 is 0 Å². The van der Waals surface area contributed by atoms with Gasteiger partial charge in [0.2, 0.25) is 0 Å². The Kier molecular flexibility index (Phi) is 3.19. The molecule has 0 bridgehead atoms. The van der Waals surface area contributed by atoms with Gasteiger partial charge in [-0.15, -0.1) is 12.3 Å². The minimum atomic E-state index is 0.472. The summed E-state index contributed by atoms with van der Waals surface area (Å²) in [5.41, 5.74) is 2.61. The molecule has 1 rings (SSSR count). The molecule has 1 heteroatoms. The van der Waals surface area contributed by atoms with E-state index in [0.29, 0.717) is 6.04 Å². The lowest BCUT2D eigenvalue weighted by atomic mass is 10.1. The molecule has 0 fully saturated rings. The van der Waals surface area contributed by atoms with E-state index in [-0.39, 0.29) is 0 Å². The van der Waals surface area contributed by atoms with Crippen molar-refractivity contribution in [3.05, 3.63) is 23.5 Å².